The van der Waals surface area contributed by atoms with E-state index in [1.807, 2.05) is 35.6 Å². The Balaban J connectivity index is 1.66. The summed E-state index contributed by atoms with van der Waals surface area (Å²) >= 11 is 14.2. The minimum absolute atomic E-state index is 0.0889. The second-order valence-electron chi connectivity index (χ2n) is 6.98. The Morgan fingerprint density at radius 1 is 1.12 bits per heavy atom. The van der Waals surface area contributed by atoms with Gasteiger partial charge in [0.2, 0.25) is 5.90 Å². The Hall–Kier alpha value is -2.88. The zero-order valence-corrected chi connectivity index (χ0v) is 21.3. The first-order valence-corrected chi connectivity index (χ1v) is 11.9. The van der Waals surface area contributed by atoms with Crippen molar-refractivity contribution in [3.05, 3.63) is 96.7 Å². The Morgan fingerprint density at radius 2 is 1.88 bits per heavy atom. The van der Waals surface area contributed by atoms with Gasteiger partial charge in [0.1, 0.15) is 0 Å². The first-order chi connectivity index (χ1) is 16.4. The molecular weight excluding hydrogens is 592 g/mol. The average molecular weight is 608 g/mol. The van der Waals surface area contributed by atoms with Crippen LogP contribution >= 0.6 is 45.8 Å². The zero-order chi connectivity index (χ0) is 24.2. The maximum Gasteiger partial charge on any atom is 0.363 e. The number of benzene rings is 3. The number of rotatable bonds is 6. The van der Waals surface area contributed by atoms with Crippen LogP contribution in [0.15, 0.2) is 71.4 Å². The second-order valence-corrected chi connectivity index (χ2v) is 8.98. The van der Waals surface area contributed by atoms with E-state index in [-0.39, 0.29) is 11.6 Å². The van der Waals surface area contributed by atoms with Gasteiger partial charge in [-0.15, -0.1) is 0 Å². The molecule has 0 fully saturated rings. The van der Waals surface area contributed by atoms with Crippen molar-refractivity contribution < 1.29 is 23.8 Å². The van der Waals surface area contributed by atoms with Crippen LogP contribution in [0.2, 0.25) is 10.0 Å². The van der Waals surface area contributed by atoms with Gasteiger partial charge in [-0.1, -0.05) is 41.4 Å². The summed E-state index contributed by atoms with van der Waals surface area (Å²) in [5.41, 5.74) is 1.58. The van der Waals surface area contributed by atoms with Crippen molar-refractivity contribution in [1.29, 1.82) is 0 Å². The molecule has 1 heterocycles. The van der Waals surface area contributed by atoms with Gasteiger partial charge in [0.25, 0.3) is 0 Å². The molecule has 1 aliphatic rings. The molecule has 0 amide bonds. The van der Waals surface area contributed by atoms with Gasteiger partial charge in [-0.05, 0) is 83.6 Å². The van der Waals surface area contributed by atoms with Crippen LogP contribution < -0.4 is 9.47 Å². The molecule has 34 heavy (non-hydrogen) atoms. The fourth-order valence-electron chi connectivity index (χ4n) is 3.10. The number of hydrogen-bond donors (Lipinski definition) is 0. The third kappa shape index (κ3) is 5.43. The molecule has 0 unspecified atom stereocenters. The molecule has 0 bridgehead atoms. The summed E-state index contributed by atoms with van der Waals surface area (Å²) in [6.07, 6.45) is 1.56. The van der Waals surface area contributed by atoms with Crippen LogP contribution in [0.1, 0.15) is 28.4 Å². The molecule has 0 saturated carbocycles. The number of cyclic esters (lactones) is 1. The van der Waals surface area contributed by atoms with Crippen LogP contribution in [0, 0.1) is 3.57 Å². The summed E-state index contributed by atoms with van der Waals surface area (Å²) in [7, 11) is 0. The number of carbonyl (C=O) groups is 2. The van der Waals surface area contributed by atoms with Gasteiger partial charge in [0, 0.05) is 5.02 Å². The average Bonchev–Trinajstić information content (AvgIpc) is 3.16. The van der Waals surface area contributed by atoms with E-state index < -0.39 is 11.9 Å². The molecule has 6 nitrogen and oxygen atoms in total. The van der Waals surface area contributed by atoms with Crippen LogP contribution in [0.5, 0.6) is 11.5 Å². The molecule has 0 aliphatic carbocycles. The topological polar surface area (TPSA) is 74.2 Å². The van der Waals surface area contributed by atoms with Crippen molar-refractivity contribution in [3.8, 4) is 11.5 Å². The number of carbonyl (C=O) groups excluding carboxylic acids is 2. The molecule has 9 heteroatoms. The number of hydrogen-bond acceptors (Lipinski definition) is 6. The molecule has 0 atom stereocenters. The van der Waals surface area contributed by atoms with E-state index >= 15 is 0 Å². The van der Waals surface area contributed by atoms with Crippen LogP contribution in [-0.2, 0) is 9.53 Å². The molecule has 172 valence electrons. The lowest BCUT2D eigenvalue weighted by Crippen LogP contribution is -2.10. The zero-order valence-electron chi connectivity index (χ0n) is 17.7. The quantitative estimate of drug-likeness (QED) is 0.137. The normalized spacial score (nSPS) is 14.1. The summed E-state index contributed by atoms with van der Waals surface area (Å²) < 4.78 is 17.3. The van der Waals surface area contributed by atoms with Crippen molar-refractivity contribution in [2.24, 2.45) is 4.99 Å². The molecule has 0 saturated heterocycles. The number of nitrogens with zero attached hydrogens (tertiary/aromatic N) is 1. The molecule has 1 aliphatic heterocycles. The highest BCUT2D eigenvalue weighted by molar-refractivity contribution is 14.1. The highest BCUT2D eigenvalue weighted by Crippen LogP contribution is 2.36. The van der Waals surface area contributed by atoms with Crippen LogP contribution in [0.4, 0.5) is 0 Å². The Morgan fingerprint density at radius 3 is 2.59 bits per heavy atom. The fourth-order valence-corrected chi connectivity index (χ4v) is 4.33. The van der Waals surface area contributed by atoms with Crippen LogP contribution in [-0.4, -0.2) is 24.4 Å². The van der Waals surface area contributed by atoms with E-state index in [9.17, 15) is 9.59 Å². The molecular formula is C25H16Cl2INO5. The summed E-state index contributed by atoms with van der Waals surface area (Å²) in [6.45, 7) is 2.17. The van der Waals surface area contributed by atoms with Crippen molar-refractivity contribution >= 4 is 69.7 Å². The van der Waals surface area contributed by atoms with E-state index in [4.69, 9.17) is 37.4 Å². The lowest BCUT2D eigenvalue weighted by atomic mass is 10.1. The molecule has 3 aromatic carbocycles. The molecule has 0 aromatic heterocycles. The second kappa shape index (κ2) is 10.6. The minimum Gasteiger partial charge on any atom is -0.490 e. The van der Waals surface area contributed by atoms with Crippen molar-refractivity contribution in [3.63, 3.8) is 0 Å². The molecule has 4 rings (SSSR count). The minimum atomic E-state index is -0.617. The molecule has 0 spiro atoms. The molecule has 0 N–H and O–H groups in total. The monoisotopic (exact) mass is 607 g/mol. The lowest BCUT2D eigenvalue weighted by molar-refractivity contribution is -0.129. The van der Waals surface area contributed by atoms with Gasteiger partial charge in [0.15, 0.2) is 17.2 Å². The van der Waals surface area contributed by atoms with Crippen LogP contribution in [0.25, 0.3) is 6.08 Å². The largest absolute Gasteiger partial charge is 0.490 e. The number of esters is 2. The van der Waals surface area contributed by atoms with Gasteiger partial charge in [-0.2, -0.15) is 0 Å². The Labute approximate surface area is 219 Å². The van der Waals surface area contributed by atoms with Crippen molar-refractivity contribution in [1.82, 2.24) is 0 Å². The summed E-state index contributed by atoms with van der Waals surface area (Å²) in [5, 5.41) is 0.776. The van der Waals surface area contributed by atoms with Crippen molar-refractivity contribution in [2.45, 2.75) is 6.92 Å². The van der Waals surface area contributed by atoms with E-state index in [2.05, 4.69) is 4.99 Å². The number of aliphatic imine (C=N–C) groups is 1. The smallest absolute Gasteiger partial charge is 0.363 e. The van der Waals surface area contributed by atoms with Gasteiger partial charge < -0.3 is 14.2 Å². The van der Waals surface area contributed by atoms with Gasteiger partial charge in [-0.25, -0.2) is 14.6 Å². The predicted molar refractivity (Wildman–Crippen MR) is 139 cm³/mol. The lowest BCUT2D eigenvalue weighted by Gasteiger charge is -2.13. The highest BCUT2D eigenvalue weighted by atomic mass is 127. The predicted octanol–water partition coefficient (Wildman–Crippen LogP) is 6.56. The van der Waals surface area contributed by atoms with E-state index in [0.29, 0.717) is 48.4 Å². The summed E-state index contributed by atoms with van der Waals surface area (Å²) in [4.78, 5) is 29.3. The standard InChI is InChI=1S/C25H16Cl2INO5/c1-2-32-21-12-14(10-19(28)22(21)33-24(30)15-6-4-3-5-7-15)11-20-25(31)34-23(29-20)17-9-8-16(26)13-18(17)27/h3-13H,2H2,1H3/b20-11-. The third-order valence-electron chi connectivity index (χ3n) is 4.62. The van der Waals surface area contributed by atoms with E-state index in [1.54, 1.807) is 60.7 Å². The SMILES string of the molecule is CCOc1cc(/C=C2\N=C(c3ccc(Cl)cc3Cl)OC2=O)cc(I)c1OC(=O)c1ccccc1. The van der Waals surface area contributed by atoms with E-state index in [1.165, 1.54) is 0 Å². The summed E-state index contributed by atoms with van der Waals surface area (Å²) in [6, 6.07) is 16.9. The summed E-state index contributed by atoms with van der Waals surface area (Å²) in [5.74, 6) is -0.370. The Bertz CT molecular complexity index is 1340. The fraction of sp³-hybridized carbons (Fsp3) is 0.0800. The first-order valence-electron chi connectivity index (χ1n) is 10.1. The highest BCUT2D eigenvalue weighted by Gasteiger charge is 2.26. The maximum atomic E-state index is 12.6. The van der Waals surface area contributed by atoms with Gasteiger partial charge in [-0.3, -0.25) is 0 Å². The van der Waals surface area contributed by atoms with Gasteiger partial charge in [0.05, 0.1) is 26.3 Å². The maximum absolute atomic E-state index is 12.6. The number of halogens is 3. The molecule has 3 aromatic rings. The molecule has 0 radical (unpaired) electrons. The third-order valence-corrected chi connectivity index (χ3v) is 5.97. The van der Waals surface area contributed by atoms with Crippen LogP contribution in [0.3, 0.4) is 0 Å². The first kappa shape index (κ1) is 24.3. The Kier molecular flexibility index (Phi) is 7.55. The van der Waals surface area contributed by atoms with Crippen molar-refractivity contribution in [2.75, 3.05) is 6.61 Å². The van der Waals surface area contributed by atoms with E-state index in [0.717, 1.165) is 0 Å². The number of ether oxygens (including phenoxy) is 3. The van der Waals surface area contributed by atoms with Gasteiger partial charge >= 0.3 is 11.9 Å².